The molecule has 0 aliphatic heterocycles. The third kappa shape index (κ3) is 3.42. The van der Waals surface area contributed by atoms with Crippen molar-refractivity contribution < 1.29 is 9.90 Å². The van der Waals surface area contributed by atoms with Crippen LogP contribution in [0, 0.1) is 0 Å². The van der Waals surface area contributed by atoms with Crippen molar-refractivity contribution in [3.63, 3.8) is 0 Å². The monoisotopic (exact) mass is 246 g/mol. The molecule has 2 nitrogen and oxygen atoms in total. The van der Waals surface area contributed by atoms with Crippen molar-refractivity contribution in [1.82, 2.24) is 0 Å². The van der Waals surface area contributed by atoms with Crippen LogP contribution in [0.3, 0.4) is 0 Å². The van der Waals surface area contributed by atoms with E-state index < -0.39 is 5.60 Å². The maximum Gasteiger partial charge on any atom is 0.164 e. The van der Waals surface area contributed by atoms with Gasteiger partial charge in [-0.1, -0.05) is 56.0 Å². The lowest BCUT2D eigenvalue weighted by Gasteiger charge is -2.24. The molecule has 98 valence electrons. The van der Waals surface area contributed by atoms with E-state index in [4.69, 9.17) is 0 Å². The van der Waals surface area contributed by atoms with Gasteiger partial charge < -0.3 is 5.11 Å². The van der Waals surface area contributed by atoms with Crippen molar-refractivity contribution in [2.45, 2.75) is 57.0 Å². The molecule has 18 heavy (non-hydrogen) atoms. The number of ketones is 1. The maximum atomic E-state index is 12.2. The highest BCUT2D eigenvalue weighted by atomic mass is 16.3. The first-order chi connectivity index (χ1) is 8.71. The lowest BCUT2D eigenvalue weighted by molar-refractivity contribution is -0.138. The van der Waals surface area contributed by atoms with E-state index in [-0.39, 0.29) is 5.78 Å². The Balaban J connectivity index is 1.90. The summed E-state index contributed by atoms with van der Waals surface area (Å²) in [5.74, 6) is 0.0354. The van der Waals surface area contributed by atoms with Crippen LogP contribution in [0.1, 0.15) is 50.5 Å². The highest BCUT2D eigenvalue weighted by Gasteiger charge is 2.34. The fourth-order valence-corrected chi connectivity index (χ4v) is 2.73. The van der Waals surface area contributed by atoms with Crippen molar-refractivity contribution in [2.75, 3.05) is 0 Å². The Bertz CT molecular complexity index is 375. The summed E-state index contributed by atoms with van der Waals surface area (Å²) in [6.45, 7) is 0. The number of aliphatic hydroxyl groups is 1. The first kappa shape index (κ1) is 13.3. The molecule has 1 fully saturated rings. The standard InChI is InChI=1S/C16H22O2/c17-15(11-10-14-8-4-3-5-9-14)16(18)12-6-1-2-7-13-16/h3-5,8-9,18H,1-2,6-7,10-13H2. The lowest BCUT2D eigenvalue weighted by atomic mass is 9.87. The second-order valence-corrected chi connectivity index (χ2v) is 5.35. The molecule has 1 aliphatic rings. The summed E-state index contributed by atoms with van der Waals surface area (Å²) in [5, 5.41) is 10.4. The fraction of sp³-hybridized carbons (Fsp3) is 0.562. The molecule has 1 saturated carbocycles. The Labute approximate surface area is 109 Å². The van der Waals surface area contributed by atoms with E-state index in [2.05, 4.69) is 0 Å². The molecule has 0 bridgehead atoms. The van der Waals surface area contributed by atoms with Gasteiger partial charge in [0, 0.05) is 6.42 Å². The topological polar surface area (TPSA) is 37.3 Å². The van der Waals surface area contributed by atoms with Gasteiger partial charge in [0.15, 0.2) is 5.78 Å². The normalized spacial score (nSPS) is 19.2. The molecular formula is C16H22O2. The van der Waals surface area contributed by atoms with Crippen molar-refractivity contribution in [2.24, 2.45) is 0 Å². The van der Waals surface area contributed by atoms with Gasteiger partial charge in [-0.25, -0.2) is 0 Å². The Kier molecular flexibility index (Phi) is 4.54. The first-order valence-corrected chi connectivity index (χ1v) is 7.00. The first-order valence-electron chi connectivity index (χ1n) is 7.00. The van der Waals surface area contributed by atoms with Gasteiger partial charge in [-0.2, -0.15) is 0 Å². The Morgan fingerprint density at radius 3 is 2.28 bits per heavy atom. The number of aryl methyl sites for hydroxylation is 1. The fourth-order valence-electron chi connectivity index (χ4n) is 2.73. The molecule has 0 heterocycles. The zero-order valence-corrected chi connectivity index (χ0v) is 10.9. The van der Waals surface area contributed by atoms with Crippen LogP contribution in [-0.4, -0.2) is 16.5 Å². The zero-order valence-electron chi connectivity index (χ0n) is 10.9. The highest BCUT2D eigenvalue weighted by molar-refractivity contribution is 5.87. The van der Waals surface area contributed by atoms with E-state index in [1.165, 1.54) is 5.56 Å². The van der Waals surface area contributed by atoms with Gasteiger partial charge in [-0.05, 0) is 24.8 Å². The van der Waals surface area contributed by atoms with Crippen LogP contribution in [0.15, 0.2) is 30.3 Å². The predicted molar refractivity (Wildman–Crippen MR) is 72.4 cm³/mol. The molecule has 0 radical (unpaired) electrons. The average molecular weight is 246 g/mol. The highest BCUT2D eigenvalue weighted by Crippen LogP contribution is 2.29. The molecule has 0 unspecified atom stereocenters. The third-order valence-electron chi connectivity index (χ3n) is 3.93. The lowest BCUT2D eigenvalue weighted by Crippen LogP contribution is -2.38. The summed E-state index contributed by atoms with van der Waals surface area (Å²) >= 11 is 0. The number of Topliss-reactive ketones (excluding diaryl/α,β-unsaturated/α-hetero) is 1. The summed E-state index contributed by atoms with van der Waals surface area (Å²) in [7, 11) is 0. The molecule has 1 aromatic carbocycles. The minimum Gasteiger partial charge on any atom is -0.382 e. The number of rotatable bonds is 4. The van der Waals surface area contributed by atoms with Crippen molar-refractivity contribution >= 4 is 5.78 Å². The van der Waals surface area contributed by atoms with Crippen molar-refractivity contribution in [1.29, 1.82) is 0 Å². The largest absolute Gasteiger partial charge is 0.382 e. The summed E-state index contributed by atoms with van der Waals surface area (Å²) < 4.78 is 0. The van der Waals surface area contributed by atoms with Crippen LogP contribution in [-0.2, 0) is 11.2 Å². The molecule has 2 rings (SSSR count). The molecule has 2 heteroatoms. The maximum absolute atomic E-state index is 12.2. The number of hydrogen-bond donors (Lipinski definition) is 1. The molecule has 0 spiro atoms. The molecule has 0 atom stereocenters. The smallest absolute Gasteiger partial charge is 0.164 e. The Morgan fingerprint density at radius 2 is 1.67 bits per heavy atom. The molecule has 0 aromatic heterocycles. The van der Waals surface area contributed by atoms with E-state index in [9.17, 15) is 9.90 Å². The second kappa shape index (κ2) is 6.14. The van der Waals surface area contributed by atoms with Gasteiger partial charge in [-0.15, -0.1) is 0 Å². The number of carbonyl (C=O) groups excluding carboxylic acids is 1. The predicted octanol–water partition coefficient (Wildman–Crippen LogP) is 3.27. The van der Waals surface area contributed by atoms with Gasteiger partial charge in [0.2, 0.25) is 0 Å². The molecule has 0 saturated heterocycles. The van der Waals surface area contributed by atoms with E-state index >= 15 is 0 Å². The van der Waals surface area contributed by atoms with Crippen LogP contribution in [0.4, 0.5) is 0 Å². The Morgan fingerprint density at radius 1 is 1.06 bits per heavy atom. The van der Waals surface area contributed by atoms with Crippen LogP contribution in [0.25, 0.3) is 0 Å². The number of carbonyl (C=O) groups is 1. The van der Waals surface area contributed by atoms with E-state index in [1.807, 2.05) is 30.3 Å². The second-order valence-electron chi connectivity index (χ2n) is 5.35. The van der Waals surface area contributed by atoms with Crippen LogP contribution in [0.2, 0.25) is 0 Å². The van der Waals surface area contributed by atoms with Gasteiger partial charge in [0.25, 0.3) is 0 Å². The van der Waals surface area contributed by atoms with Crippen LogP contribution < -0.4 is 0 Å². The van der Waals surface area contributed by atoms with E-state index in [0.29, 0.717) is 19.3 Å². The minimum absolute atomic E-state index is 0.0354. The van der Waals surface area contributed by atoms with Gasteiger partial charge in [-0.3, -0.25) is 4.79 Å². The van der Waals surface area contributed by atoms with Crippen molar-refractivity contribution in [3.05, 3.63) is 35.9 Å². The SMILES string of the molecule is O=C(CCc1ccccc1)C1(O)CCCCCC1. The molecule has 0 amide bonds. The Hall–Kier alpha value is -1.15. The average Bonchev–Trinajstić information content (AvgIpc) is 2.63. The van der Waals surface area contributed by atoms with Crippen molar-refractivity contribution in [3.8, 4) is 0 Å². The molecule has 1 N–H and O–H groups in total. The number of hydrogen-bond acceptors (Lipinski definition) is 2. The molecular weight excluding hydrogens is 224 g/mol. The van der Waals surface area contributed by atoms with Gasteiger partial charge in [0.1, 0.15) is 5.60 Å². The number of benzene rings is 1. The minimum atomic E-state index is -1.04. The quantitative estimate of drug-likeness (QED) is 0.828. The van der Waals surface area contributed by atoms with E-state index in [0.717, 1.165) is 32.1 Å². The molecule has 1 aliphatic carbocycles. The van der Waals surface area contributed by atoms with Gasteiger partial charge >= 0.3 is 0 Å². The molecule has 1 aromatic rings. The third-order valence-corrected chi connectivity index (χ3v) is 3.93. The van der Waals surface area contributed by atoms with E-state index in [1.54, 1.807) is 0 Å². The summed E-state index contributed by atoms with van der Waals surface area (Å²) in [5.41, 5.74) is 0.133. The zero-order chi connectivity index (χ0) is 12.8. The van der Waals surface area contributed by atoms with Gasteiger partial charge in [0.05, 0.1) is 0 Å². The summed E-state index contributed by atoms with van der Waals surface area (Å²) in [6.07, 6.45) is 6.76. The van der Waals surface area contributed by atoms with Crippen LogP contribution in [0.5, 0.6) is 0 Å². The summed E-state index contributed by atoms with van der Waals surface area (Å²) in [4.78, 5) is 12.2. The van der Waals surface area contributed by atoms with Crippen LogP contribution >= 0.6 is 0 Å². The summed E-state index contributed by atoms with van der Waals surface area (Å²) in [6, 6.07) is 10.0.